The lowest BCUT2D eigenvalue weighted by molar-refractivity contribution is 0.493. The Morgan fingerprint density at radius 3 is 2.92 bits per heavy atom. The number of aromatic hydroxyl groups is 1. The minimum Gasteiger partial charge on any atom is -0.498 e. The Hall–Kier alpha value is -0.870. The third-order valence-electron chi connectivity index (χ3n) is 1.91. The summed E-state index contributed by atoms with van der Waals surface area (Å²) in [6.45, 7) is 0. The van der Waals surface area contributed by atoms with Gasteiger partial charge in [0, 0.05) is 15.0 Å². The molecule has 0 radical (unpaired) electrons. The molecule has 0 saturated heterocycles. The average molecular weight is 211 g/mol. The molecule has 68 valence electrons. The molecule has 0 unspecified atom stereocenters. The SMILES string of the molecule is CSc1cccc2sc(O)c(N)c12. The number of hydrogen-bond acceptors (Lipinski definition) is 4. The molecule has 0 aliphatic rings. The second kappa shape index (κ2) is 3.12. The van der Waals surface area contributed by atoms with Crippen LogP contribution in [0.1, 0.15) is 0 Å². The number of rotatable bonds is 1. The van der Waals surface area contributed by atoms with Crippen LogP contribution in [0.25, 0.3) is 10.1 Å². The topological polar surface area (TPSA) is 46.2 Å². The van der Waals surface area contributed by atoms with Gasteiger partial charge < -0.3 is 10.8 Å². The second-order valence-corrected chi connectivity index (χ2v) is 4.53. The van der Waals surface area contributed by atoms with Crippen molar-refractivity contribution in [1.82, 2.24) is 0 Å². The Morgan fingerprint density at radius 2 is 2.23 bits per heavy atom. The van der Waals surface area contributed by atoms with E-state index in [1.54, 1.807) is 11.8 Å². The number of fused-ring (bicyclic) bond motifs is 1. The summed E-state index contributed by atoms with van der Waals surface area (Å²) in [5.74, 6) is 0. The molecule has 2 nitrogen and oxygen atoms in total. The fraction of sp³-hybridized carbons (Fsp3) is 0.111. The van der Waals surface area contributed by atoms with Gasteiger partial charge in [-0.25, -0.2) is 0 Å². The van der Waals surface area contributed by atoms with Gasteiger partial charge in [0.25, 0.3) is 0 Å². The Kier molecular flexibility index (Phi) is 2.09. The quantitative estimate of drug-likeness (QED) is 0.713. The van der Waals surface area contributed by atoms with Crippen LogP contribution in [0.4, 0.5) is 5.69 Å². The van der Waals surface area contributed by atoms with Gasteiger partial charge in [-0.15, -0.1) is 11.8 Å². The smallest absolute Gasteiger partial charge is 0.196 e. The summed E-state index contributed by atoms with van der Waals surface area (Å²) >= 11 is 2.97. The molecule has 0 saturated carbocycles. The van der Waals surface area contributed by atoms with Gasteiger partial charge in [0.2, 0.25) is 0 Å². The van der Waals surface area contributed by atoms with Gasteiger partial charge in [-0.05, 0) is 18.4 Å². The second-order valence-electron chi connectivity index (χ2n) is 2.65. The molecule has 3 N–H and O–H groups in total. The number of nitrogen functional groups attached to an aromatic ring is 1. The van der Waals surface area contributed by atoms with Crippen LogP contribution in [0.3, 0.4) is 0 Å². The molecule has 1 heterocycles. The van der Waals surface area contributed by atoms with Gasteiger partial charge in [-0.3, -0.25) is 0 Å². The van der Waals surface area contributed by atoms with E-state index in [0.29, 0.717) is 5.69 Å². The maximum atomic E-state index is 9.45. The van der Waals surface area contributed by atoms with E-state index in [-0.39, 0.29) is 5.06 Å². The fourth-order valence-corrected chi connectivity index (χ4v) is 2.89. The maximum absolute atomic E-state index is 9.45. The molecule has 0 bridgehead atoms. The van der Waals surface area contributed by atoms with Crippen molar-refractivity contribution in [3.8, 4) is 5.06 Å². The lowest BCUT2D eigenvalue weighted by atomic mass is 10.2. The molecule has 13 heavy (non-hydrogen) atoms. The van der Waals surface area contributed by atoms with Gasteiger partial charge in [0.1, 0.15) is 0 Å². The molecule has 0 amide bonds. The van der Waals surface area contributed by atoms with Crippen LogP contribution in [-0.4, -0.2) is 11.4 Å². The summed E-state index contributed by atoms with van der Waals surface area (Å²) in [5, 5.41) is 10.7. The van der Waals surface area contributed by atoms with E-state index in [4.69, 9.17) is 5.73 Å². The van der Waals surface area contributed by atoms with Crippen LogP contribution in [0, 0.1) is 0 Å². The van der Waals surface area contributed by atoms with Crippen molar-refractivity contribution in [2.75, 3.05) is 12.0 Å². The van der Waals surface area contributed by atoms with Crippen molar-refractivity contribution in [3.63, 3.8) is 0 Å². The molecule has 0 aliphatic heterocycles. The standard InChI is InChI=1S/C9H9NOS2/c1-12-5-3-2-4-6-7(5)8(10)9(11)13-6/h2-4,11H,10H2,1H3. The van der Waals surface area contributed by atoms with E-state index in [0.717, 1.165) is 15.0 Å². The van der Waals surface area contributed by atoms with Crippen molar-refractivity contribution in [2.24, 2.45) is 0 Å². The fourth-order valence-electron chi connectivity index (χ4n) is 1.30. The van der Waals surface area contributed by atoms with Gasteiger partial charge in [-0.2, -0.15) is 0 Å². The third kappa shape index (κ3) is 1.26. The van der Waals surface area contributed by atoms with Crippen LogP contribution in [0.5, 0.6) is 5.06 Å². The van der Waals surface area contributed by atoms with E-state index >= 15 is 0 Å². The number of nitrogens with two attached hydrogens (primary N) is 1. The Labute approximate surface area is 84.4 Å². The number of thiophene rings is 1. The molecular formula is C9H9NOS2. The van der Waals surface area contributed by atoms with Gasteiger partial charge >= 0.3 is 0 Å². The molecule has 0 spiro atoms. The summed E-state index contributed by atoms with van der Waals surface area (Å²) < 4.78 is 1.04. The average Bonchev–Trinajstić information content (AvgIpc) is 2.43. The molecule has 2 aromatic rings. The first-order valence-corrected chi connectivity index (χ1v) is 5.82. The predicted octanol–water partition coefficient (Wildman–Crippen LogP) is 2.91. The lowest BCUT2D eigenvalue weighted by Crippen LogP contribution is -1.83. The minimum absolute atomic E-state index is 0.219. The molecule has 1 aromatic carbocycles. The zero-order chi connectivity index (χ0) is 9.42. The van der Waals surface area contributed by atoms with Crippen molar-refractivity contribution in [1.29, 1.82) is 0 Å². The van der Waals surface area contributed by atoms with E-state index in [1.165, 1.54) is 11.3 Å². The van der Waals surface area contributed by atoms with E-state index in [9.17, 15) is 5.11 Å². The number of anilines is 1. The van der Waals surface area contributed by atoms with E-state index < -0.39 is 0 Å². The molecule has 4 heteroatoms. The summed E-state index contributed by atoms with van der Waals surface area (Å²) in [4.78, 5) is 1.12. The summed E-state index contributed by atoms with van der Waals surface area (Å²) in [6, 6.07) is 5.95. The highest BCUT2D eigenvalue weighted by molar-refractivity contribution is 7.98. The first-order valence-electron chi connectivity index (χ1n) is 3.78. The monoisotopic (exact) mass is 211 g/mol. The number of thioether (sulfide) groups is 1. The largest absolute Gasteiger partial charge is 0.498 e. The van der Waals surface area contributed by atoms with Crippen LogP contribution < -0.4 is 5.73 Å². The molecule has 2 rings (SSSR count). The van der Waals surface area contributed by atoms with Crippen molar-refractivity contribution in [2.45, 2.75) is 4.90 Å². The zero-order valence-corrected chi connectivity index (χ0v) is 8.71. The van der Waals surface area contributed by atoms with Crippen LogP contribution in [0.15, 0.2) is 23.1 Å². The summed E-state index contributed by atoms with van der Waals surface area (Å²) in [5.41, 5.74) is 6.27. The van der Waals surface area contributed by atoms with Crippen LogP contribution >= 0.6 is 23.1 Å². The first-order chi connectivity index (χ1) is 6.24. The van der Waals surface area contributed by atoms with Crippen LogP contribution in [0.2, 0.25) is 0 Å². The van der Waals surface area contributed by atoms with Gasteiger partial charge in [0.05, 0.1) is 5.69 Å². The first kappa shape index (κ1) is 8.72. The Morgan fingerprint density at radius 1 is 1.46 bits per heavy atom. The van der Waals surface area contributed by atoms with Crippen LogP contribution in [-0.2, 0) is 0 Å². The van der Waals surface area contributed by atoms with E-state index in [1.807, 2.05) is 24.5 Å². The lowest BCUT2D eigenvalue weighted by Gasteiger charge is -1.98. The number of benzene rings is 1. The molecular weight excluding hydrogens is 202 g/mol. The van der Waals surface area contributed by atoms with Crippen molar-refractivity contribution in [3.05, 3.63) is 18.2 Å². The maximum Gasteiger partial charge on any atom is 0.196 e. The third-order valence-corrected chi connectivity index (χ3v) is 3.67. The summed E-state index contributed by atoms with van der Waals surface area (Å²) in [7, 11) is 0. The highest BCUT2D eigenvalue weighted by atomic mass is 32.2. The normalized spacial score (nSPS) is 10.8. The molecule has 0 fully saturated rings. The Bertz CT molecular complexity index is 450. The number of hydrogen-bond donors (Lipinski definition) is 2. The molecule has 1 aromatic heterocycles. The van der Waals surface area contributed by atoms with E-state index in [2.05, 4.69) is 0 Å². The molecule has 0 aliphatic carbocycles. The summed E-state index contributed by atoms with van der Waals surface area (Å²) in [6.07, 6.45) is 2.00. The van der Waals surface area contributed by atoms with Crippen molar-refractivity contribution >= 4 is 38.9 Å². The van der Waals surface area contributed by atoms with Gasteiger partial charge in [-0.1, -0.05) is 17.4 Å². The molecule has 0 atom stereocenters. The van der Waals surface area contributed by atoms with Gasteiger partial charge in [0.15, 0.2) is 5.06 Å². The predicted molar refractivity (Wildman–Crippen MR) is 59.7 cm³/mol. The highest BCUT2D eigenvalue weighted by Gasteiger charge is 2.10. The minimum atomic E-state index is 0.219. The Balaban J connectivity index is 2.87. The highest BCUT2D eigenvalue weighted by Crippen LogP contribution is 2.42. The van der Waals surface area contributed by atoms with Crippen molar-refractivity contribution < 1.29 is 5.11 Å². The zero-order valence-electron chi connectivity index (χ0n) is 7.07.